The first-order valence-electron chi connectivity index (χ1n) is 7.54. The van der Waals surface area contributed by atoms with Crippen LogP contribution in [0.3, 0.4) is 0 Å². The van der Waals surface area contributed by atoms with Gasteiger partial charge in [-0.05, 0) is 18.4 Å². The fourth-order valence-electron chi connectivity index (χ4n) is 2.23. The van der Waals surface area contributed by atoms with E-state index in [1.54, 1.807) is 0 Å². The zero-order valence-electron chi connectivity index (χ0n) is 13.8. The summed E-state index contributed by atoms with van der Waals surface area (Å²) in [7, 11) is 0. The molecule has 0 fully saturated rings. The molecule has 0 aliphatic heterocycles. The summed E-state index contributed by atoms with van der Waals surface area (Å²) in [5, 5.41) is 10.7. The highest BCUT2D eigenvalue weighted by atomic mass is 32.1. The highest BCUT2D eigenvalue weighted by Gasteiger charge is 2.20. The van der Waals surface area contributed by atoms with Crippen molar-refractivity contribution in [1.82, 2.24) is 19.6 Å². The Morgan fingerprint density at radius 2 is 1.91 bits per heavy atom. The lowest BCUT2D eigenvalue weighted by atomic mass is 9.96. The number of rotatable bonds is 5. The summed E-state index contributed by atoms with van der Waals surface area (Å²) in [6, 6.07) is 0. The topological polar surface area (TPSA) is 83.6 Å². The molecule has 0 bridgehead atoms. The third kappa shape index (κ3) is 3.52. The molecule has 22 heavy (non-hydrogen) atoms. The standard InChI is InChI=1S/C15H23N5OS/c1-6-9-10(12(21)19-18-11(9)7-2)8-16-14-17-13(20-22-14)15(3,4)5/h6-8H2,1-5H3,(H,19,21)(H,16,17,20). The molecule has 2 heterocycles. The summed E-state index contributed by atoms with van der Waals surface area (Å²) in [5.74, 6) is 0.814. The fraction of sp³-hybridized carbons (Fsp3) is 0.600. The summed E-state index contributed by atoms with van der Waals surface area (Å²) in [4.78, 5) is 16.6. The molecule has 0 radical (unpaired) electrons. The number of hydrogen-bond donors (Lipinski definition) is 2. The van der Waals surface area contributed by atoms with Gasteiger partial charge in [-0.2, -0.15) is 9.47 Å². The van der Waals surface area contributed by atoms with E-state index in [-0.39, 0.29) is 11.0 Å². The number of anilines is 1. The molecule has 2 aromatic rings. The van der Waals surface area contributed by atoms with Crippen LogP contribution in [-0.4, -0.2) is 19.6 Å². The van der Waals surface area contributed by atoms with Crippen LogP contribution in [0, 0.1) is 0 Å². The lowest BCUT2D eigenvalue weighted by molar-refractivity contribution is 0.555. The van der Waals surface area contributed by atoms with Gasteiger partial charge >= 0.3 is 0 Å². The molecular weight excluding hydrogens is 298 g/mol. The molecule has 0 aromatic carbocycles. The van der Waals surface area contributed by atoms with Gasteiger partial charge in [0.2, 0.25) is 5.13 Å². The van der Waals surface area contributed by atoms with E-state index in [4.69, 9.17) is 0 Å². The second-order valence-electron chi connectivity index (χ2n) is 6.19. The molecule has 0 aliphatic rings. The number of H-pyrrole nitrogens is 1. The largest absolute Gasteiger partial charge is 0.356 e. The van der Waals surface area contributed by atoms with Gasteiger partial charge in [-0.25, -0.2) is 10.1 Å². The van der Waals surface area contributed by atoms with Crippen molar-refractivity contribution in [2.45, 2.75) is 59.4 Å². The first-order chi connectivity index (χ1) is 10.4. The van der Waals surface area contributed by atoms with Gasteiger partial charge in [0.05, 0.1) is 5.69 Å². The van der Waals surface area contributed by atoms with E-state index in [9.17, 15) is 4.79 Å². The molecule has 0 atom stereocenters. The molecule has 0 amide bonds. The highest BCUT2D eigenvalue weighted by Crippen LogP contribution is 2.23. The molecule has 6 nitrogen and oxygen atoms in total. The van der Waals surface area contributed by atoms with Crippen LogP contribution in [0.4, 0.5) is 5.13 Å². The Morgan fingerprint density at radius 1 is 1.18 bits per heavy atom. The van der Waals surface area contributed by atoms with E-state index >= 15 is 0 Å². The second-order valence-corrected chi connectivity index (χ2v) is 6.94. The molecule has 2 rings (SSSR count). The maximum Gasteiger partial charge on any atom is 0.269 e. The number of nitrogens with zero attached hydrogens (tertiary/aromatic N) is 3. The van der Waals surface area contributed by atoms with Crippen LogP contribution in [0.2, 0.25) is 0 Å². The normalized spacial score (nSPS) is 11.7. The molecular formula is C15H23N5OS. The van der Waals surface area contributed by atoms with Gasteiger partial charge in [-0.1, -0.05) is 34.6 Å². The molecule has 0 unspecified atom stereocenters. The lowest BCUT2D eigenvalue weighted by Gasteiger charge is -2.12. The van der Waals surface area contributed by atoms with Gasteiger partial charge in [0.1, 0.15) is 5.82 Å². The van der Waals surface area contributed by atoms with Gasteiger partial charge < -0.3 is 5.32 Å². The minimum atomic E-state index is -0.137. The van der Waals surface area contributed by atoms with Crippen LogP contribution in [0.15, 0.2) is 4.79 Å². The van der Waals surface area contributed by atoms with Crippen LogP contribution >= 0.6 is 11.5 Å². The monoisotopic (exact) mass is 321 g/mol. The van der Waals surface area contributed by atoms with Crippen molar-refractivity contribution in [1.29, 1.82) is 0 Å². The van der Waals surface area contributed by atoms with Crippen molar-refractivity contribution in [3.63, 3.8) is 0 Å². The van der Waals surface area contributed by atoms with E-state index in [0.29, 0.717) is 6.54 Å². The molecule has 7 heteroatoms. The number of nitrogens with one attached hydrogen (secondary N) is 2. The van der Waals surface area contributed by atoms with Gasteiger partial charge in [0.15, 0.2) is 0 Å². The first kappa shape index (κ1) is 16.6. The molecule has 2 aromatic heterocycles. The van der Waals surface area contributed by atoms with Crippen molar-refractivity contribution in [3.05, 3.63) is 33.0 Å². The second kappa shape index (κ2) is 6.56. The van der Waals surface area contributed by atoms with Crippen LogP contribution in [0.1, 0.15) is 57.3 Å². The number of aromatic nitrogens is 4. The Kier molecular flexibility index (Phi) is 4.95. The number of aryl methyl sites for hydroxylation is 1. The third-order valence-electron chi connectivity index (χ3n) is 3.48. The molecule has 0 aliphatic carbocycles. The average molecular weight is 321 g/mol. The molecule has 2 N–H and O–H groups in total. The zero-order chi connectivity index (χ0) is 16.3. The number of aromatic amines is 1. The Bertz CT molecular complexity index is 699. The summed E-state index contributed by atoms with van der Waals surface area (Å²) < 4.78 is 4.37. The van der Waals surface area contributed by atoms with Gasteiger partial charge in [0, 0.05) is 29.1 Å². The first-order valence-corrected chi connectivity index (χ1v) is 8.31. The van der Waals surface area contributed by atoms with Crippen molar-refractivity contribution in [2.75, 3.05) is 5.32 Å². The fourth-order valence-corrected chi connectivity index (χ4v) is 2.98. The van der Waals surface area contributed by atoms with Crippen LogP contribution in [0.25, 0.3) is 0 Å². The Morgan fingerprint density at radius 3 is 2.45 bits per heavy atom. The van der Waals surface area contributed by atoms with Gasteiger partial charge in [-0.15, -0.1) is 0 Å². The van der Waals surface area contributed by atoms with Crippen molar-refractivity contribution < 1.29 is 0 Å². The Labute approximate surface area is 134 Å². The summed E-state index contributed by atoms with van der Waals surface area (Å²) in [6.45, 7) is 10.8. The third-order valence-corrected chi connectivity index (χ3v) is 4.15. The maximum absolute atomic E-state index is 12.1. The predicted octanol–water partition coefficient (Wildman–Crippen LogP) is 2.66. The summed E-state index contributed by atoms with van der Waals surface area (Å²) in [5.41, 5.74) is 2.50. The van der Waals surface area contributed by atoms with Gasteiger partial charge in [0.25, 0.3) is 5.56 Å². The van der Waals surface area contributed by atoms with E-state index in [1.807, 2.05) is 13.8 Å². The maximum atomic E-state index is 12.1. The lowest BCUT2D eigenvalue weighted by Crippen LogP contribution is -2.22. The number of hydrogen-bond acceptors (Lipinski definition) is 6. The van der Waals surface area contributed by atoms with E-state index in [1.165, 1.54) is 11.5 Å². The minimum absolute atomic E-state index is 0.0749. The molecule has 120 valence electrons. The van der Waals surface area contributed by atoms with Crippen LogP contribution in [0.5, 0.6) is 0 Å². The highest BCUT2D eigenvalue weighted by molar-refractivity contribution is 7.09. The van der Waals surface area contributed by atoms with Gasteiger partial charge in [-0.3, -0.25) is 4.79 Å². The molecule has 0 saturated carbocycles. The average Bonchev–Trinajstić information content (AvgIpc) is 2.94. The SMILES string of the molecule is CCc1n[nH]c(=O)c(CNc2nc(C(C)(C)C)ns2)c1CC. The molecule has 0 spiro atoms. The Hall–Kier alpha value is -1.76. The predicted molar refractivity (Wildman–Crippen MR) is 89.5 cm³/mol. The van der Waals surface area contributed by atoms with Crippen molar-refractivity contribution in [2.24, 2.45) is 0 Å². The van der Waals surface area contributed by atoms with Crippen molar-refractivity contribution >= 4 is 16.7 Å². The van der Waals surface area contributed by atoms with Crippen molar-refractivity contribution in [3.8, 4) is 0 Å². The minimum Gasteiger partial charge on any atom is -0.356 e. The van der Waals surface area contributed by atoms with Crippen LogP contribution in [-0.2, 0) is 24.8 Å². The quantitative estimate of drug-likeness (QED) is 0.884. The van der Waals surface area contributed by atoms with E-state index < -0.39 is 0 Å². The van der Waals surface area contributed by atoms with E-state index in [0.717, 1.165) is 40.6 Å². The zero-order valence-corrected chi connectivity index (χ0v) is 14.6. The summed E-state index contributed by atoms with van der Waals surface area (Å²) in [6.07, 6.45) is 1.60. The smallest absolute Gasteiger partial charge is 0.269 e. The summed E-state index contributed by atoms with van der Waals surface area (Å²) >= 11 is 1.32. The Balaban J connectivity index is 2.21. The van der Waals surface area contributed by atoms with E-state index in [2.05, 4.69) is 45.6 Å². The molecule has 0 saturated heterocycles. The van der Waals surface area contributed by atoms with Crippen LogP contribution < -0.4 is 10.9 Å².